The van der Waals surface area contributed by atoms with Crippen molar-refractivity contribution in [2.24, 2.45) is 5.41 Å². The van der Waals surface area contributed by atoms with Gasteiger partial charge in [0.05, 0.1) is 11.1 Å². The predicted molar refractivity (Wildman–Crippen MR) is 63.5 cm³/mol. The minimum Gasteiger partial charge on any atom is -0.481 e. The molecule has 1 N–H and O–H groups in total. The highest BCUT2D eigenvalue weighted by Gasteiger charge is 2.40. The van der Waals surface area contributed by atoms with E-state index in [1.165, 1.54) is 12.3 Å². The molecule has 0 aromatic carbocycles. The van der Waals surface area contributed by atoms with Crippen molar-refractivity contribution in [3.05, 3.63) is 28.4 Å². The molecule has 1 fully saturated rings. The lowest BCUT2D eigenvalue weighted by Gasteiger charge is -2.20. The van der Waals surface area contributed by atoms with Crippen molar-refractivity contribution in [2.75, 3.05) is 18.0 Å². The number of anilines is 1. The van der Waals surface area contributed by atoms with Crippen LogP contribution in [0, 0.1) is 15.5 Å². The van der Waals surface area contributed by atoms with E-state index in [-0.39, 0.29) is 5.82 Å². The standard InChI is InChI=1S/C11H13N3O4/c1-11(10(15)16)4-5-13(7-11)8-2-3-9(12-6-8)14(17)18/h2-3,6H,4-5,7H2,1H3,(H,15,16). The zero-order chi connectivity index (χ0) is 13.3. The van der Waals surface area contributed by atoms with Crippen molar-refractivity contribution in [1.29, 1.82) is 0 Å². The number of carboxylic acid groups (broad SMARTS) is 1. The summed E-state index contributed by atoms with van der Waals surface area (Å²) in [5.74, 6) is -1.03. The lowest BCUT2D eigenvalue weighted by Crippen LogP contribution is -2.31. The van der Waals surface area contributed by atoms with E-state index in [4.69, 9.17) is 5.11 Å². The van der Waals surface area contributed by atoms with Crippen molar-refractivity contribution < 1.29 is 14.8 Å². The number of carbonyl (C=O) groups is 1. The molecule has 7 nitrogen and oxygen atoms in total. The van der Waals surface area contributed by atoms with Crippen LogP contribution >= 0.6 is 0 Å². The topological polar surface area (TPSA) is 96.6 Å². The van der Waals surface area contributed by atoms with Crippen LogP contribution in [0.15, 0.2) is 18.3 Å². The summed E-state index contributed by atoms with van der Waals surface area (Å²) in [4.78, 5) is 26.6. The first-order chi connectivity index (χ1) is 8.42. The van der Waals surface area contributed by atoms with Crippen LogP contribution in [0.4, 0.5) is 11.5 Å². The first kappa shape index (κ1) is 12.3. The zero-order valence-electron chi connectivity index (χ0n) is 9.87. The Balaban J connectivity index is 2.15. The smallest absolute Gasteiger partial charge is 0.363 e. The minimum atomic E-state index is -0.820. The van der Waals surface area contributed by atoms with E-state index in [0.717, 1.165) is 0 Å². The van der Waals surface area contributed by atoms with Crippen LogP contribution in [0.25, 0.3) is 0 Å². The maximum absolute atomic E-state index is 11.1. The number of nitro groups is 1. The maximum atomic E-state index is 11.1. The summed E-state index contributed by atoms with van der Waals surface area (Å²) >= 11 is 0. The van der Waals surface area contributed by atoms with Crippen molar-refractivity contribution in [3.63, 3.8) is 0 Å². The summed E-state index contributed by atoms with van der Waals surface area (Å²) in [6, 6.07) is 2.92. The van der Waals surface area contributed by atoms with Crippen LogP contribution in [0.5, 0.6) is 0 Å². The molecule has 1 aliphatic rings. The van der Waals surface area contributed by atoms with Crippen molar-refractivity contribution >= 4 is 17.5 Å². The number of nitrogens with zero attached hydrogens (tertiary/aromatic N) is 3. The SMILES string of the molecule is CC1(C(=O)O)CCN(c2ccc([N+](=O)[O-])nc2)C1. The van der Waals surface area contributed by atoms with Gasteiger partial charge in [-0.05, 0) is 29.3 Å². The van der Waals surface area contributed by atoms with E-state index in [9.17, 15) is 14.9 Å². The van der Waals surface area contributed by atoms with Crippen molar-refractivity contribution in [1.82, 2.24) is 4.98 Å². The Labute approximate surface area is 103 Å². The molecule has 1 atom stereocenters. The van der Waals surface area contributed by atoms with Crippen LogP contribution in [0.3, 0.4) is 0 Å². The molecule has 0 aliphatic carbocycles. The summed E-state index contributed by atoms with van der Waals surface area (Å²) in [6.07, 6.45) is 1.96. The van der Waals surface area contributed by atoms with E-state index in [1.807, 2.05) is 4.90 Å². The Morgan fingerprint density at radius 2 is 2.33 bits per heavy atom. The van der Waals surface area contributed by atoms with Gasteiger partial charge in [0.25, 0.3) is 0 Å². The van der Waals surface area contributed by atoms with Gasteiger partial charge in [-0.3, -0.25) is 4.79 Å². The summed E-state index contributed by atoms with van der Waals surface area (Å²) in [5.41, 5.74) is -0.0486. The van der Waals surface area contributed by atoms with Gasteiger partial charge in [0, 0.05) is 19.2 Å². The van der Waals surface area contributed by atoms with Crippen LogP contribution in [0.1, 0.15) is 13.3 Å². The first-order valence-electron chi connectivity index (χ1n) is 5.51. The monoisotopic (exact) mass is 251 g/mol. The zero-order valence-corrected chi connectivity index (χ0v) is 9.87. The molecular formula is C11H13N3O4. The second-order valence-electron chi connectivity index (χ2n) is 4.67. The van der Waals surface area contributed by atoms with Crippen LogP contribution in [0.2, 0.25) is 0 Å². The van der Waals surface area contributed by atoms with E-state index in [1.54, 1.807) is 13.0 Å². The summed E-state index contributed by atoms with van der Waals surface area (Å²) in [7, 11) is 0. The van der Waals surface area contributed by atoms with Gasteiger partial charge in [-0.1, -0.05) is 0 Å². The Hall–Kier alpha value is -2.18. The third-order valence-electron chi connectivity index (χ3n) is 3.27. The lowest BCUT2D eigenvalue weighted by molar-refractivity contribution is -0.389. The number of rotatable bonds is 3. The highest BCUT2D eigenvalue weighted by molar-refractivity contribution is 5.76. The highest BCUT2D eigenvalue weighted by atomic mass is 16.6. The van der Waals surface area contributed by atoms with Gasteiger partial charge in [-0.2, -0.15) is 0 Å². The molecule has 1 unspecified atom stereocenters. The first-order valence-corrected chi connectivity index (χ1v) is 5.51. The number of aliphatic carboxylic acids is 1. The summed E-state index contributed by atoms with van der Waals surface area (Å²) in [6.45, 7) is 2.71. The normalized spacial score (nSPS) is 23.1. The molecule has 1 saturated heterocycles. The third-order valence-corrected chi connectivity index (χ3v) is 3.27. The summed E-state index contributed by atoms with van der Waals surface area (Å²) < 4.78 is 0. The second kappa shape index (κ2) is 4.25. The molecule has 96 valence electrons. The quantitative estimate of drug-likeness (QED) is 0.642. The third kappa shape index (κ3) is 2.11. The highest BCUT2D eigenvalue weighted by Crippen LogP contribution is 2.33. The molecule has 2 heterocycles. The van der Waals surface area contributed by atoms with Gasteiger partial charge in [-0.25, -0.2) is 0 Å². The molecule has 0 amide bonds. The van der Waals surface area contributed by atoms with Gasteiger partial charge in [-0.15, -0.1) is 0 Å². The molecule has 0 spiro atoms. The van der Waals surface area contributed by atoms with Gasteiger partial charge in [0.2, 0.25) is 0 Å². The fourth-order valence-electron chi connectivity index (χ4n) is 2.03. The Bertz CT molecular complexity index is 488. The van der Waals surface area contributed by atoms with Gasteiger partial charge < -0.3 is 20.1 Å². The lowest BCUT2D eigenvalue weighted by atomic mass is 9.90. The molecule has 0 radical (unpaired) electrons. The number of hydrogen-bond acceptors (Lipinski definition) is 5. The van der Waals surface area contributed by atoms with Gasteiger partial charge >= 0.3 is 11.8 Å². The molecule has 18 heavy (non-hydrogen) atoms. The predicted octanol–water partition coefficient (Wildman–Crippen LogP) is 1.29. The van der Waals surface area contributed by atoms with Crippen LogP contribution in [-0.4, -0.2) is 34.1 Å². The average Bonchev–Trinajstić information content (AvgIpc) is 2.73. The number of hydrogen-bond donors (Lipinski definition) is 1. The Morgan fingerprint density at radius 3 is 2.78 bits per heavy atom. The molecule has 7 heteroatoms. The molecule has 1 aromatic heterocycles. The van der Waals surface area contributed by atoms with Crippen molar-refractivity contribution in [3.8, 4) is 0 Å². The van der Waals surface area contributed by atoms with Gasteiger partial charge in [0.1, 0.15) is 0 Å². The van der Waals surface area contributed by atoms with E-state index in [0.29, 0.717) is 25.2 Å². The molecular weight excluding hydrogens is 238 g/mol. The largest absolute Gasteiger partial charge is 0.481 e. The summed E-state index contributed by atoms with van der Waals surface area (Å²) in [5, 5.41) is 19.6. The molecule has 1 aliphatic heterocycles. The molecule has 1 aromatic rings. The Kier molecular flexibility index (Phi) is 2.90. The Morgan fingerprint density at radius 1 is 1.61 bits per heavy atom. The van der Waals surface area contributed by atoms with Gasteiger partial charge in [0.15, 0.2) is 6.20 Å². The number of aromatic nitrogens is 1. The fraction of sp³-hybridized carbons (Fsp3) is 0.455. The number of carboxylic acids is 1. The molecule has 2 rings (SSSR count). The number of pyridine rings is 1. The fourth-order valence-corrected chi connectivity index (χ4v) is 2.03. The second-order valence-corrected chi connectivity index (χ2v) is 4.67. The molecule has 0 saturated carbocycles. The van der Waals surface area contributed by atoms with E-state index >= 15 is 0 Å². The van der Waals surface area contributed by atoms with Crippen LogP contribution in [-0.2, 0) is 4.79 Å². The van der Waals surface area contributed by atoms with Crippen LogP contribution < -0.4 is 4.90 Å². The van der Waals surface area contributed by atoms with Crippen molar-refractivity contribution in [2.45, 2.75) is 13.3 Å². The molecule has 0 bridgehead atoms. The van der Waals surface area contributed by atoms with E-state index < -0.39 is 16.3 Å². The van der Waals surface area contributed by atoms with E-state index in [2.05, 4.69) is 4.98 Å². The average molecular weight is 251 g/mol. The minimum absolute atomic E-state index is 0.209. The maximum Gasteiger partial charge on any atom is 0.363 e.